The van der Waals surface area contributed by atoms with Gasteiger partial charge in [0.15, 0.2) is 5.69 Å². The summed E-state index contributed by atoms with van der Waals surface area (Å²) in [6.07, 6.45) is 1.65. The van der Waals surface area contributed by atoms with Gasteiger partial charge in [0.1, 0.15) is 10.8 Å². The summed E-state index contributed by atoms with van der Waals surface area (Å²) in [4.78, 5) is 11.8. The zero-order valence-corrected chi connectivity index (χ0v) is 10.9. The first-order valence-electron chi connectivity index (χ1n) is 5.37. The van der Waals surface area contributed by atoms with E-state index in [2.05, 4.69) is 10.4 Å². The van der Waals surface area contributed by atoms with E-state index in [4.69, 9.17) is 18.0 Å². The second-order valence-electron chi connectivity index (χ2n) is 3.89. The van der Waals surface area contributed by atoms with E-state index < -0.39 is 5.82 Å². The molecule has 5 nitrogen and oxygen atoms in total. The van der Waals surface area contributed by atoms with E-state index in [-0.39, 0.29) is 22.2 Å². The third-order valence-electron chi connectivity index (χ3n) is 2.44. The van der Waals surface area contributed by atoms with Crippen LogP contribution in [0, 0.1) is 5.82 Å². The molecule has 0 bridgehead atoms. The van der Waals surface area contributed by atoms with Crippen LogP contribution in [0.25, 0.3) is 0 Å². The van der Waals surface area contributed by atoms with Gasteiger partial charge >= 0.3 is 0 Å². The molecule has 0 aliphatic rings. The van der Waals surface area contributed by atoms with Crippen molar-refractivity contribution in [3.8, 4) is 0 Å². The second kappa shape index (κ2) is 5.15. The first-order chi connectivity index (χ1) is 8.97. The zero-order chi connectivity index (χ0) is 14.0. The van der Waals surface area contributed by atoms with Crippen molar-refractivity contribution < 1.29 is 9.18 Å². The fourth-order valence-corrected chi connectivity index (χ4v) is 1.68. The normalized spacial score (nSPS) is 10.2. The van der Waals surface area contributed by atoms with Gasteiger partial charge in [-0.15, -0.1) is 0 Å². The zero-order valence-electron chi connectivity index (χ0n) is 10.1. The van der Waals surface area contributed by atoms with Gasteiger partial charge in [0.2, 0.25) is 0 Å². The van der Waals surface area contributed by atoms with E-state index in [9.17, 15) is 9.18 Å². The highest BCUT2D eigenvalue weighted by atomic mass is 32.1. The van der Waals surface area contributed by atoms with Gasteiger partial charge in [-0.2, -0.15) is 5.10 Å². The summed E-state index contributed by atoms with van der Waals surface area (Å²) in [6, 6.07) is 5.59. The molecule has 2 rings (SSSR count). The van der Waals surface area contributed by atoms with Crippen LogP contribution in [0.4, 0.5) is 10.1 Å². The van der Waals surface area contributed by atoms with Crippen LogP contribution < -0.4 is 11.1 Å². The van der Waals surface area contributed by atoms with Gasteiger partial charge in [0, 0.05) is 24.5 Å². The maximum Gasteiger partial charge on any atom is 0.276 e. The van der Waals surface area contributed by atoms with Gasteiger partial charge < -0.3 is 11.1 Å². The topological polar surface area (TPSA) is 72.9 Å². The van der Waals surface area contributed by atoms with E-state index in [1.165, 1.54) is 22.9 Å². The van der Waals surface area contributed by atoms with Crippen LogP contribution in [0.1, 0.15) is 16.1 Å². The number of aryl methyl sites for hydroxylation is 1. The Labute approximate surface area is 114 Å². The molecule has 1 aromatic heterocycles. The summed E-state index contributed by atoms with van der Waals surface area (Å²) < 4.78 is 14.9. The number of carbonyl (C=O) groups is 1. The number of nitrogens with one attached hydrogen (secondary N) is 1. The smallest absolute Gasteiger partial charge is 0.276 e. The molecule has 98 valence electrons. The predicted octanol–water partition coefficient (Wildman–Crippen LogP) is 1.45. The number of rotatable bonds is 3. The molecular weight excluding hydrogens is 267 g/mol. The molecule has 1 heterocycles. The van der Waals surface area contributed by atoms with Crippen LogP contribution in [0.2, 0.25) is 0 Å². The lowest BCUT2D eigenvalue weighted by Gasteiger charge is -2.06. The number of hydrogen-bond donors (Lipinski definition) is 2. The third kappa shape index (κ3) is 2.94. The fraction of sp³-hybridized carbons (Fsp3) is 0.0833. The van der Waals surface area contributed by atoms with E-state index in [1.54, 1.807) is 19.3 Å². The number of halogens is 1. The molecule has 19 heavy (non-hydrogen) atoms. The van der Waals surface area contributed by atoms with E-state index in [0.717, 1.165) is 0 Å². The minimum absolute atomic E-state index is 0.0635. The highest BCUT2D eigenvalue weighted by Crippen LogP contribution is 2.15. The maximum atomic E-state index is 13.4. The number of benzene rings is 1. The molecule has 1 aromatic carbocycles. The number of carbonyl (C=O) groups excluding carboxylic acids is 1. The Kier molecular flexibility index (Phi) is 3.57. The summed E-state index contributed by atoms with van der Waals surface area (Å²) in [5.41, 5.74) is 6.15. The lowest BCUT2D eigenvalue weighted by molar-refractivity contribution is 0.102. The third-order valence-corrected chi connectivity index (χ3v) is 2.66. The Balaban J connectivity index is 2.22. The van der Waals surface area contributed by atoms with Crippen molar-refractivity contribution >= 4 is 28.8 Å². The number of amides is 1. The molecule has 0 saturated heterocycles. The molecule has 0 aliphatic heterocycles. The van der Waals surface area contributed by atoms with Gasteiger partial charge in [-0.05, 0) is 24.3 Å². The lowest BCUT2D eigenvalue weighted by Crippen LogP contribution is -2.15. The quantitative estimate of drug-likeness (QED) is 0.833. The molecule has 0 unspecified atom stereocenters. The van der Waals surface area contributed by atoms with Crippen LogP contribution >= 0.6 is 12.2 Å². The van der Waals surface area contributed by atoms with Crippen LogP contribution in [-0.4, -0.2) is 20.7 Å². The monoisotopic (exact) mass is 278 g/mol. The average molecular weight is 278 g/mol. The summed E-state index contributed by atoms with van der Waals surface area (Å²) in [6.45, 7) is 0. The Morgan fingerprint density at radius 3 is 2.79 bits per heavy atom. The molecule has 1 amide bonds. The van der Waals surface area contributed by atoms with Crippen molar-refractivity contribution in [2.24, 2.45) is 12.8 Å². The molecule has 0 fully saturated rings. The summed E-state index contributed by atoms with van der Waals surface area (Å²) >= 11 is 4.73. The summed E-state index contributed by atoms with van der Waals surface area (Å²) in [5, 5.41) is 6.56. The van der Waals surface area contributed by atoms with Gasteiger partial charge in [0.25, 0.3) is 5.91 Å². The Morgan fingerprint density at radius 1 is 1.47 bits per heavy atom. The summed E-state index contributed by atoms with van der Waals surface area (Å²) in [7, 11) is 1.71. The van der Waals surface area contributed by atoms with Gasteiger partial charge in [-0.25, -0.2) is 4.39 Å². The minimum atomic E-state index is -0.525. The Bertz CT molecular complexity index is 653. The standard InChI is InChI=1S/C12H11FN4OS/c1-17-5-4-10(16-17)12(18)15-7-2-3-9(13)8(6-7)11(14)19/h2-6H,1H3,(H2,14,19)(H,15,18). The van der Waals surface area contributed by atoms with Gasteiger partial charge in [-0.1, -0.05) is 12.2 Å². The Morgan fingerprint density at radius 2 is 2.21 bits per heavy atom. The number of thiocarbonyl (C=S) groups is 1. The minimum Gasteiger partial charge on any atom is -0.389 e. The van der Waals surface area contributed by atoms with Crippen molar-refractivity contribution in [3.63, 3.8) is 0 Å². The van der Waals surface area contributed by atoms with Crippen molar-refractivity contribution in [1.29, 1.82) is 0 Å². The molecule has 3 N–H and O–H groups in total. The van der Waals surface area contributed by atoms with Crippen LogP contribution in [0.5, 0.6) is 0 Å². The number of aromatic nitrogens is 2. The molecular formula is C12H11FN4OS. The molecule has 0 atom stereocenters. The van der Waals surface area contributed by atoms with Crippen LogP contribution in [-0.2, 0) is 7.05 Å². The molecule has 0 saturated carbocycles. The number of hydrogen-bond acceptors (Lipinski definition) is 3. The molecule has 0 spiro atoms. The largest absolute Gasteiger partial charge is 0.389 e. The number of anilines is 1. The van der Waals surface area contributed by atoms with Crippen LogP contribution in [0.3, 0.4) is 0 Å². The lowest BCUT2D eigenvalue weighted by atomic mass is 10.2. The highest BCUT2D eigenvalue weighted by molar-refractivity contribution is 7.80. The summed E-state index contributed by atoms with van der Waals surface area (Å²) in [5.74, 6) is -0.913. The van der Waals surface area contributed by atoms with E-state index in [0.29, 0.717) is 5.69 Å². The van der Waals surface area contributed by atoms with Gasteiger partial charge in [0.05, 0.1) is 0 Å². The van der Waals surface area contributed by atoms with Crippen molar-refractivity contribution in [2.45, 2.75) is 0 Å². The molecule has 2 aromatic rings. The SMILES string of the molecule is Cn1ccc(C(=O)Nc2ccc(F)c(C(N)=S)c2)n1. The first kappa shape index (κ1) is 13.2. The average Bonchev–Trinajstić information content (AvgIpc) is 2.78. The molecule has 0 radical (unpaired) electrons. The maximum absolute atomic E-state index is 13.4. The van der Waals surface area contributed by atoms with Crippen molar-refractivity contribution in [1.82, 2.24) is 9.78 Å². The van der Waals surface area contributed by atoms with Crippen molar-refractivity contribution in [3.05, 3.63) is 47.5 Å². The highest BCUT2D eigenvalue weighted by Gasteiger charge is 2.11. The van der Waals surface area contributed by atoms with Gasteiger partial charge in [-0.3, -0.25) is 9.48 Å². The predicted molar refractivity (Wildman–Crippen MR) is 73.4 cm³/mol. The van der Waals surface area contributed by atoms with Crippen LogP contribution in [0.15, 0.2) is 30.5 Å². The number of nitrogens with two attached hydrogens (primary N) is 1. The Hall–Kier alpha value is -2.28. The first-order valence-corrected chi connectivity index (χ1v) is 5.78. The second-order valence-corrected chi connectivity index (χ2v) is 4.33. The van der Waals surface area contributed by atoms with E-state index >= 15 is 0 Å². The van der Waals surface area contributed by atoms with E-state index in [1.807, 2.05) is 0 Å². The van der Waals surface area contributed by atoms with Crippen molar-refractivity contribution in [2.75, 3.05) is 5.32 Å². The molecule has 7 heteroatoms. The molecule has 0 aliphatic carbocycles. The fourth-order valence-electron chi connectivity index (χ4n) is 1.52. The number of nitrogens with zero attached hydrogens (tertiary/aromatic N) is 2.